The lowest BCUT2D eigenvalue weighted by atomic mass is 10.3. The van der Waals surface area contributed by atoms with E-state index in [4.69, 9.17) is 4.98 Å². The smallest absolute Gasteiger partial charge is 0.246 e. The van der Waals surface area contributed by atoms with Gasteiger partial charge in [0.15, 0.2) is 5.82 Å². The first kappa shape index (κ1) is 18.5. The number of amides is 1. The molecule has 1 N–H and O–H groups in total. The third-order valence-electron chi connectivity index (χ3n) is 5.42. The van der Waals surface area contributed by atoms with Crippen molar-refractivity contribution < 1.29 is 4.79 Å². The number of fused-ring (bicyclic) bond motifs is 1. The van der Waals surface area contributed by atoms with E-state index in [1.165, 1.54) is 6.08 Å². The molecule has 0 spiro atoms. The van der Waals surface area contributed by atoms with Gasteiger partial charge in [0.2, 0.25) is 5.91 Å². The Labute approximate surface area is 165 Å². The number of carbonyl (C=O) groups excluding carboxylic acids is 1. The first-order valence-electron chi connectivity index (χ1n) is 9.85. The summed E-state index contributed by atoms with van der Waals surface area (Å²) in [6.07, 6.45) is 1.36. The van der Waals surface area contributed by atoms with Crippen molar-refractivity contribution >= 4 is 23.4 Å². The molecule has 0 bridgehead atoms. The van der Waals surface area contributed by atoms with Crippen LogP contribution in [0.4, 0.5) is 17.5 Å². The lowest BCUT2D eigenvalue weighted by Crippen LogP contribution is -2.46. The molecule has 148 valence electrons. The second-order valence-corrected chi connectivity index (χ2v) is 7.14. The van der Waals surface area contributed by atoms with E-state index >= 15 is 0 Å². The highest BCUT2D eigenvalue weighted by Crippen LogP contribution is 2.22. The fraction of sp³-hybridized carbons (Fsp3) is 0.450. The maximum atomic E-state index is 11.8. The predicted molar refractivity (Wildman–Crippen MR) is 110 cm³/mol. The second kappa shape index (κ2) is 8.02. The molecule has 2 aliphatic heterocycles. The molecule has 0 aliphatic carbocycles. The van der Waals surface area contributed by atoms with Crippen molar-refractivity contribution in [3.05, 3.63) is 42.6 Å². The molecule has 0 radical (unpaired) electrons. The summed E-state index contributed by atoms with van der Waals surface area (Å²) in [4.78, 5) is 23.2. The minimum absolute atomic E-state index is 0.0421. The number of anilines is 3. The molecule has 1 saturated heterocycles. The van der Waals surface area contributed by atoms with Crippen molar-refractivity contribution in [3.8, 4) is 0 Å². The molecular formula is C20H27N7O. The van der Waals surface area contributed by atoms with Gasteiger partial charge in [-0.1, -0.05) is 19.6 Å². The first-order chi connectivity index (χ1) is 13.7. The van der Waals surface area contributed by atoms with Gasteiger partial charge < -0.3 is 20.0 Å². The molecule has 2 aliphatic rings. The molecule has 2 aromatic heterocycles. The minimum atomic E-state index is -0.0421. The average Bonchev–Trinajstić information content (AvgIpc) is 3.14. The SMILES string of the molecule is C=CC(=O)N1CCn2nc(Nc3cccc(N4CCN(CC)CC4)n3)cc2C1. The topological polar surface area (TPSA) is 69.5 Å². The molecule has 8 nitrogen and oxygen atoms in total. The Balaban J connectivity index is 1.44. The standard InChI is InChI=1S/C20H27N7O/c1-3-20(28)26-12-13-27-16(15-26)14-18(23-27)21-17-6-5-7-19(22-17)25-10-8-24(4-2)9-11-25/h3,5-7,14H,1,4,8-13,15H2,2H3,(H,21,22,23). The van der Waals surface area contributed by atoms with Gasteiger partial charge in [0, 0.05) is 38.8 Å². The van der Waals surface area contributed by atoms with Crippen LogP contribution in [0.5, 0.6) is 0 Å². The summed E-state index contributed by atoms with van der Waals surface area (Å²) in [5.74, 6) is 2.49. The number of nitrogens with one attached hydrogen (secondary N) is 1. The molecular weight excluding hydrogens is 354 g/mol. The highest BCUT2D eigenvalue weighted by Gasteiger charge is 2.21. The first-order valence-corrected chi connectivity index (χ1v) is 9.85. The number of nitrogens with zero attached hydrogens (tertiary/aromatic N) is 6. The van der Waals surface area contributed by atoms with Crippen LogP contribution in [0.2, 0.25) is 0 Å². The summed E-state index contributed by atoms with van der Waals surface area (Å²) in [7, 11) is 0. The molecule has 0 atom stereocenters. The molecule has 0 aromatic carbocycles. The van der Waals surface area contributed by atoms with E-state index in [0.717, 1.165) is 55.9 Å². The van der Waals surface area contributed by atoms with Gasteiger partial charge in [-0.05, 0) is 24.8 Å². The predicted octanol–water partition coefficient (Wildman–Crippen LogP) is 1.69. The molecule has 4 rings (SSSR count). The van der Waals surface area contributed by atoms with Crippen LogP contribution >= 0.6 is 0 Å². The van der Waals surface area contributed by atoms with Gasteiger partial charge in [-0.25, -0.2) is 4.98 Å². The summed E-state index contributed by atoms with van der Waals surface area (Å²) < 4.78 is 1.95. The van der Waals surface area contributed by atoms with Gasteiger partial charge in [-0.2, -0.15) is 5.10 Å². The van der Waals surface area contributed by atoms with Crippen molar-refractivity contribution in [2.75, 3.05) is 49.5 Å². The quantitative estimate of drug-likeness (QED) is 0.795. The Morgan fingerprint density at radius 2 is 2.00 bits per heavy atom. The third kappa shape index (κ3) is 3.87. The monoisotopic (exact) mass is 381 g/mol. The van der Waals surface area contributed by atoms with Crippen molar-refractivity contribution in [2.45, 2.75) is 20.0 Å². The average molecular weight is 381 g/mol. The Bertz CT molecular complexity index is 854. The molecule has 0 saturated carbocycles. The molecule has 4 heterocycles. The van der Waals surface area contributed by atoms with E-state index in [0.29, 0.717) is 19.6 Å². The van der Waals surface area contributed by atoms with E-state index in [1.807, 2.05) is 22.9 Å². The fourth-order valence-electron chi connectivity index (χ4n) is 3.74. The minimum Gasteiger partial charge on any atom is -0.354 e. The summed E-state index contributed by atoms with van der Waals surface area (Å²) >= 11 is 0. The van der Waals surface area contributed by atoms with Gasteiger partial charge >= 0.3 is 0 Å². The zero-order valence-electron chi connectivity index (χ0n) is 16.3. The van der Waals surface area contributed by atoms with Crippen LogP contribution in [-0.2, 0) is 17.9 Å². The van der Waals surface area contributed by atoms with E-state index in [2.05, 4.69) is 39.8 Å². The molecule has 2 aromatic rings. The second-order valence-electron chi connectivity index (χ2n) is 7.14. The molecule has 0 unspecified atom stereocenters. The van der Waals surface area contributed by atoms with Crippen LogP contribution < -0.4 is 10.2 Å². The Morgan fingerprint density at radius 3 is 2.75 bits per heavy atom. The van der Waals surface area contributed by atoms with Crippen molar-refractivity contribution in [3.63, 3.8) is 0 Å². The molecule has 1 amide bonds. The van der Waals surface area contributed by atoms with Gasteiger partial charge in [0.25, 0.3) is 0 Å². The summed E-state index contributed by atoms with van der Waals surface area (Å²) in [5.41, 5.74) is 1.01. The Morgan fingerprint density at radius 1 is 1.18 bits per heavy atom. The number of aromatic nitrogens is 3. The van der Waals surface area contributed by atoms with Crippen LogP contribution in [-0.4, -0.2) is 69.7 Å². The number of likely N-dealkylation sites (N-methyl/N-ethyl adjacent to an activating group) is 1. The Kier molecular flexibility index (Phi) is 5.29. The maximum absolute atomic E-state index is 11.8. The normalized spacial score (nSPS) is 17.3. The number of pyridine rings is 1. The highest BCUT2D eigenvalue weighted by atomic mass is 16.2. The largest absolute Gasteiger partial charge is 0.354 e. The van der Waals surface area contributed by atoms with Crippen molar-refractivity contribution in [1.82, 2.24) is 24.6 Å². The summed E-state index contributed by atoms with van der Waals surface area (Å²) in [6, 6.07) is 8.02. The third-order valence-corrected chi connectivity index (χ3v) is 5.42. The zero-order valence-corrected chi connectivity index (χ0v) is 16.3. The van der Waals surface area contributed by atoms with Crippen molar-refractivity contribution in [2.24, 2.45) is 0 Å². The van der Waals surface area contributed by atoms with Crippen LogP contribution in [0.15, 0.2) is 36.9 Å². The van der Waals surface area contributed by atoms with E-state index in [1.54, 1.807) is 4.90 Å². The van der Waals surface area contributed by atoms with Gasteiger partial charge in [-0.3, -0.25) is 9.48 Å². The summed E-state index contributed by atoms with van der Waals surface area (Å²) in [5, 5.41) is 7.93. The fourth-order valence-corrected chi connectivity index (χ4v) is 3.74. The van der Waals surface area contributed by atoms with Gasteiger partial charge in [0.05, 0.1) is 18.8 Å². The number of rotatable bonds is 5. The molecule has 28 heavy (non-hydrogen) atoms. The lowest BCUT2D eigenvalue weighted by molar-refractivity contribution is -0.127. The van der Waals surface area contributed by atoms with Crippen LogP contribution in [0, 0.1) is 0 Å². The van der Waals surface area contributed by atoms with E-state index in [-0.39, 0.29) is 5.91 Å². The maximum Gasteiger partial charge on any atom is 0.246 e. The highest BCUT2D eigenvalue weighted by molar-refractivity contribution is 5.87. The van der Waals surface area contributed by atoms with Crippen molar-refractivity contribution in [1.29, 1.82) is 0 Å². The zero-order chi connectivity index (χ0) is 19.5. The van der Waals surface area contributed by atoms with E-state index in [9.17, 15) is 4.79 Å². The number of piperazine rings is 1. The van der Waals surface area contributed by atoms with Crippen LogP contribution in [0.25, 0.3) is 0 Å². The molecule has 8 heteroatoms. The Hall–Kier alpha value is -2.87. The van der Waals surface area contributed by atoms with Gasteiger partial charge in [0.1, 0.15) is 11.6 Å². The molecule has 1 fully saturated rings. The number of hydrogen-bond acceptors (Lipinski definition) is 6. The lowest BCUT2D eigenvalue weighted by Gasteiger charge is -2.34. The van der Waals surface area contributed by atoms with Crippen LogP contribution in [0.1, 0.15) is 12.6 Å². The number of hydrogen-bond donors (Lipinski definition) is 1. The van der Waals surface area contributed by atoms with Crippen LogP contribution in [0.3, 0.4) is 0 Å². The summed E-state index contributed by atoms with van der Waals surface area (Å²) in [6.45, 7) is 12.9. The number of carbonyl (C=O) groups is 1. The van der Waals surface area contributed by atoms with Gasteiger partial charge in [-0.15, -0.1) is 0 Å². The van der Waals surface area contributed by atoms with E-state index < -0.39 is 0 Å².